The largest absolute Gasteiger partial charge is 0.466 e. The zero-order chi connectivity index (χ0) is 52.2. The third-order valence-electron chi connectivity index (χ3n) is 14.9. The SMILES string of the molecule is CCCCC/C=C\C/C=C\CCCCCCCCCC(=O)OCCCCCC/C=C\CCCCCCCCCC(=O)NC(CO)C(O)CCCCCCCCCCCCCCCCCCCCCCCCC. The molecule has 0 aromatic carbocycles. The van der Waals surface area contributed by atoms with Crippen molar-refractivity contribution in [2.45, 2.75) is 360 Å². The van der Waals surface area contributed by atoms with Crippen LogP contribution in [0.1, 0.15) is 348 Å². The molecule has 0 saturated heterocycles. The van der Waals surface area contributed by atoms with E-state index in [1.807, 2.05) is 0 Å². The Morgan fingerprint density at radius 1 is 0.389 bits per heavy atom. The second kappa shape index (κ2) is 61.6. The molecule has 2 atom stereocenters. The lowest BCUT2D eigenvalue weighted by Crippen LogP contribution is -2.45. The number of allylic oxidation sites excluding steroid dienone is 6. The Kier molecular flexibility index (Phi) is 60.0. The lowest BCUT2D eigenvalue weighted by atomic mass is 10.0. The van der Waals surface area contributed by atoms with Crippen LogP contribution in [0.15, 0.2) is 36.5 Å². The van der Waals surface area contributed by atoms with E-state index in [9.17, 15) is 19.8 Å². The Labute approximate surface area is 449 Å². The maximum Gasteiger partial charge on any atom is 0.305 e. The molecule has 3 N–H and O–H groups in total. The van der Waals surface area contributed by atoms with E-state index in [0.717, 1.165) is 77.0 Å². The number of hydrogen-bond acceptors (Lipinski definition) is 5. The maximum atomic E-state index is 12.5. The smallest absolute Gasteiger partial charge is 0.305 e. The van der Waals surface area contributed by atoms with Gasteiger partial charge in [0.05, 0.1) is 25.4 Å². The van der Waals surface area contributed by atoms with Gasteiger partial charge in [0.15, 0.2) is 0 Å². The molecular formula is C66H125NO5. The van der Waals surface area contributed by atoms with E-state index in [4.69, 9.17) is 4.74 Å². The minimum Gasteiger partial charge on any atom is -0.466 e. The lowest BCUT2D eigenvalue weighted by Gasteiger charge is -2.22. The van der Waals surface area contributed by atoms with Crippen molar-refractivity contribution in [2.24, 2.45) is 0 Å². The maximum absolute atomic E-state index is 12.5. The van der Waals surface area contributed by atoms with Crippen LogP contribution in [-0.4, -0.2) is 47.4 Å². The molecule has 6 heteroatoms. The van der Waals surface area contributed by atoms with Gasteiger partial charge in [0.1, 0.15) is 0 Å². The number of aliphatic hydroxyl groups excluding tert-OH is 2. The first-order valence-corrected chi connectivity index (χ1v) is 32.2. The summed E-state index contributed by atoms with van der Waals surface area (Å²) in [5.41, 5.74) is 0. The number of unbranched alkanes of at least 4 members (excludes halogenated alkanes) is 43. The molecule has 72 heavy (non-hydrogen) atoms. The molecule has 0 aliphatic carbocycles. The average molecular weight is 1010 g/mol. The predicted octanol–water partition coefficient (Wildman–Crippen LogP) is 20.4. The van der Waals surface area contributed by atoms with Gasteiger partial charge in [-0.1, -0.05) is 288 Å². The summed E-state index contributed by atoms with van der Waals surface area (Å²) in [5.74, 6) is -0.0645. The Morgan fingerprint density at radius 3 is 1.10 bits per heavy atom. The molecule has 0 spiro atoms. The first kappa shape index (κ1) is 70.1. The summed E-state index contributed by atoms with van der Waals surface area (Å²) in [6.07, 6.45) is 77.2. The van der Waals surface area contributed by atoms with E-state index in [1.54, 1.807) is 0 Å². The highest BCUT2D eigenvalue weighted by Gasteiger charge is 2.20. The molecular weight excluding hydrogens is 887 g/mol. The van der Waals surface area contributed by atoms with Crippen LogP contribution in [0, 0.1) is 0 Å². The van der Waals surface area contributed by atoms with E-state index in [2.05, 4.69) is 55.6 Å². The molecule has 6 nitrogen and oxygen atoms in total. The molecule has 0 aromatic rings. The van der Waals surface area contributed by atoms with Crippen LogP contribution in [0.3, 0.4) is 0 Å². The van der Waals surface area contributed by atoms with Gasteiger partial charge in [-0.3, -0.25) is 9.59 Å². The van der Waals surface area contributed by atoms with Gasteiger partial charge in [0.25, 0.3) is 0 Å². The molecule has 0 rings (SSSR count). The van der Waals surface area contributed by atoms with Crippen LogP contribution < -0.4 is 5.32 Å². The number of hydrogen-bond donors (Lipinski definition) is 3. The number of carbonyl (C=O) groups is 2. The van der Waals surface area contributed by atoms with Gasteiger partial charge in [-0.15, -0.1) is 0 Å². The van der Waals surface area contributed by atoms with Crippen molar-refractivity contribution in [3.05, 3.63) is 36.5 Å². The van der Waals surface area contributed by atoms with Crippen molar-refractivity contribution >= 4 is 11.9 Å². The molecule has 0 aromatic heterocycles. The quantitative estimate of drug-likeness (QED) is 0.0320. The minimum absolute atomic E-state index is 0.0171. The van der Waals surface area contributed by atoms with Crippen molar-refractivity contribution in [3.63, 3.8) is 0 Å². The third-order valence-corrected chi connectivity index (χ3v) is 14.9. The summed E-state index contributed by atoms with van der Waals surface area (Å²) in [5, 5.41) is 23.4. The molecule has 0 aliphatic rings. The number of ether oxygens (including phenoxy) is 1. The number of esters is 1. The Bertz CT molecular complexity index is 1170. The molecule has 0 radical (unpaired) electrons. The van der Waals surface area contributed by atoms with E-state index >= 15 is 0 Å². The van der Waals surface area contributed by atoms with Crippen molar-refractivity contribution in [1.82, 2.24) is 5.32 Å². The van der Waals surface area contributed by atoms with Gasteiger partial charge < -0.3 is 20.3 Å². The molecule has 2 unspecified atom stereocenters. The standard InChI is InChI=1S/C66H125NO5/c1-3-5-7-9-11-13-15-17-19-21-22-23-24-25-26-28-30-34-38-42-46-50-54-58-64(69)63(62-68)67-65(70)59-55-51-47-43-39-35-31-29-33-37-41-45-49-53-57-61-72-66(71)60-56-52-48-44-40-36-32-27-20-18-16-14-12-10-8-6-4-2/h12,14,18,20,33,37,63-64,68-69H,3-11,13,15-17,19,21-32,34-36,38-62H2,1-2H3,(H,67,70)/b14-12-,20-18-,37-33-. The third kappa shape index (κ3) is 57.4. The highest BCUT2D eigenvalue weighted by Crippen LogP contribution is 2.18. The van der Waals surface area contributed by atoms with E-state index in [0.29, 0.717) is 25.9 Å². The van der Waals surface area contributed by atoms with E-state index in [1.165, 1.54) is 238 Å². The second-order valence-electron chi connectivity index (χ2n) is 22.1. The van der Waals surface area contributed by atoms with E-state index in [-0.39, 0.29) is 18.5 Å². The summed E-state index contributed by atoms with van der Waals surface area (Å²) in [4.78, 5) is 24.6. The van der Waals surface area contributed by atoms with Crippen molar-refractivity contribution in [1.29, 1.82) is 0 Å². The first-order valence-electron chi connectivity index (χ1n) is 32.2. The fourth-order valence-electron chi connectivity index (χ4n) is 9.96. The molecule has 0 heterocycles. The van der Waals surface area contributed by atoms with Gasteiger partial charge >= 0.3 is 5.97 Å². The molecule has 1 amide bonds. The first-order chi connectivity index (χ1) is 35.5. The molecule has 0 bridgehead atoms. The average Bonchev–Trinajstić information content (AvgIpc) is 3.38. The highest BCUT2D eigenvalue weighted by molar-refractivity contribution is 5.76. The van der Waals surface area contributed by atoms with Gasteiger partial charge in [-0.2, -0.15) is 0 Å². The fraction of sp³-hybridized carbons (Fsp3) is 0.879. The summed E-state index contributed by atoms with van der Waals surface area (Å²) in [6.45, 7) is 4.91. The fourth-order valence-corrected chi connectivity index (χ4v) is 9.96. The van der Waals surface area contributed by atoms with Crippen LogP contribution in [0.25, 0.3) is 0 Å². The second-order valence-corrected chi connectivity index (χ2v) is 22.1. The Morgan fingerprint density at radius 2 is 0.694 bits per heavy atom. The Hall–Kier alpha value is -1.92. The normalized spacial score (nSPS) is 12.8. The van der Waals surface area contributed by atoms with Crippen LogP contribution in [0.5, 0.6) is 0 Å². The van der Waals surface area contributed by atoms with Crippen molar-refractivity contribution in [3.8, 4) is 0 Å². The van der Waals surface area contributed by atoms with Crippen molar-refractivity contribution in [2.75, 3.05) is 13.2 Å². The monoisotopic (exact) mass is 1010 g/mol. The van der Waals surface area contributed by atoms with Crippen LogP contribution >= 0.6 is 0 Å². The summed E-state index contributed by atoms with van der Waals surface area (Å²) in [7, 11) is 0. The number of carbonyl (C=O) groups excluding carboxylic acids is 2. The van der Waals surface area contributed by atoms with Crippen LogP contribution in [0.4, 0.5) is 0 Å². The summed E-state index contributed by atoms with van der Waals surface area (Å²) in [6, 6.07) is -0.555. The number of aliphatic hydroxyl groups is 2. The number of rotatable bonds is 60. The molecule has 424 valence electrons. The van der Waals surface area contributed by atoms with Gasteiger partial charge in [-0.25, -0.2) is 0 Å². The van der Waals surface area contributed by atoms with Crippen molar-refractivity contribution < 1.29 is 24.5 Å². The number of amides is 1. The molecule has 0 fully saturated rings. The summed E-state index contributed by atoms with van der Waals surface area (Å²) >= 11 is 0. The van der Waals surface area contributed by atoms with Gasteiger partial charge in [-0.05, 0) is 83.5 Å². The predicted molar refractivity (Wildman–Crippen MR) is 315 cm³/mol. The molecule has 0 aliphatic heterocycles. The zero-order valence-electron chi connectivity index (χ0n) is 48.4. The minimum atomic E-state index is -0.677. The Balaban J connectivity index is 3.46. The summed E-state index contributed by atoms with van der Waals surface area (Å²) < 4.78 is 5.47. The van der Waals surface area contributed by atoms with Gasteiger partial charge in [0, 0.05) is 12.8 Å². The lowest BCUT2D eigenvalue weighted by molar-refractivity contribution is -0.143. The van der Waals surface area contributed by atoms with Gasteiger partial charge in [0.2, 0.25) is 5.91 Å². The van der Waals surface area contributed by atoms with Crippen LogP contribution in [0.2, 0.25) is 0 Å². The van der Waals surface area contributed by atoms with E-state index < -0.39 is 12.1 Å². The zero-order valence-corrected chi connectivity index (χ0v) is 48.4. The topological polar surface area (TPSA) is 95.9 Å². The molecule has 0 saturated carbocycles. The highest BCUT2D eigenvalue weighted by atomic mass is 16.5. The number of nitrogens with one attached hydrogen (secondary N) is 1. The van der Waals surface area contributed by atoms with Crippen LogP contribution in [-0.2, 0) is 14.3 Å².